The third kappa shape index (κ3) is 5.23. The van der Waals surface area contributed by atoms with Gasteiger partial charge < -0.3 is 4.74 Å². The third-order valence-corrected chi connectivity index (χ3v) is 6.51. The molecule has 1 saturated carbocycles. The first-order valence-corrected chi connectivity index (χ1v) is 11.6. The van der Waals surface area contributed by atoms with Crippen LogP contribution in [0.5, 0.6) is 0 Å². The molecular weight excluding hydrogens is 496 g/mol. The molecule has 0 spiro atoms. The van der Waals surface area contributed by atoms with Crippen molar-refractivity contribution in [3.63, 3.8) is 0 Å². The molecule has 37 heavy (non-hydrogen) atoms. The zero-order valence-corrected chi connectivity index (χ0v) is 19.8. The van der Waals surface area contributed by atoms with Crippen LogP contribution >= 0.6 is 0 Å². The maximum atomic E-state index is 14.9. The van der Waals surface area contributed by atoms with E-state index in [9.17, 15) is 27.2 Å². The van der Waals surface area contributed by atoms with Crippen LogP contribution in [0.3, 0.4) is 0 Å². The molecule has 2 aromatic carbocycles. The predicted octanol–water partition coefficient (Wildman–Crippen LogP) is 4.78. The van der Waals surface area contributed by atoms with Crippen molar-refractivity contribution in [3.05, 3.63) is 58.9 Å². The van der Waals surface area contributed by atoms with Gasteiger partial charge in [0.1, 0.15) is 5.82 Å². The molecule has 0 aromatic heterocycles. The number of fused-ring (bicyclic) bond motifs is 1. The molecule has 0 radical (unpaired) electrons. The SMILES string of the molecule is COCCONC(=O)c1ccc(N2C(=O)N(c3ccc(C#N)c(C(F)(F)F)c3)[C@H]3CCCC[C@@H]32)cc1F. The molecule has 2 aromatic rings. The Hall–Kier alpha value is -3.69. The smallest absolute Gasteiger partial charge is 0.382 e. The van der Waals surface area contributed by atoms with E-state index in [0.29, 0.717) is 12.8 Å². The largest absolute Gasteiger partial charge is 0.417 e. The summed E-state index contributed by atoms with van der Waals surface area (Å²) in [6.07, 6.45) is -2.08. The van der Waals surface area contributed by atoms with Gasteiger partial charge >= 0.3 is 12.2 Å². The summed E-state index contributed by atoms with van der Waals surface area (Å²) in [6, 6.07) is 6.97. The Labute approximate surface area is 210 Å². The van der Waals surface area contributed by atoms with Gasteiger partial charge in [0.15, 0.2) is 0 Å². The molecule has 2 atom stereocenters. The van der Waals surface area contributed by atoms with Crippen molar-refractivity contribution in [2.24, 2.45) is 0 Å². The minimum absolute atomic E-state index is 0.0143. The van der Waals surface area contributed by atoms with Gasteiger partial charge in [0.05, 0.1) is 48.1 Å². The molecule has 1 aliphatic heterocycles. The summed E-state index contributed by atoms with van der Waals surface area (Å²) in [5.74, 6) is -1.70. The van der Waals surface area contributed by atoms with Gasteiger partial charge in [-0.1, -0.05) is 12.8 Å². The summed E-state index contributed by atoms with van der Waals surface area (Å²) in [5.41, 5.74) is 0.345. The molecule has 2 aliphatic rings. The lowest BCUT2D eigenvalue weighted by molar-refractivity contribution is -0.137. The lowest BCUT2D eigenvalue weighted by atomic mass is 9.89. The van der Waals surface area contributed by atoms with E-state index in [0.717, 1.165) is 31.0 Å². The first-order chi connectivity index (χ1) is 17.7. The van der Waals surface area contributed by atoms with Crippen molar-refractivity contribution in [2.45, 2.75) is 43.9 Å². The average Bonchev–Trinajstić information content (AvgIpc) is 3.17. The summed E-state index contributed by atoms with van der Waals surface area (Å²) < 4.78 is 60.5. The third-order valence-electron chi connectivity index (χ3n) is 6.51. The number of benzene rings is 2. The number of carbonyl (C=O) groups excluding carboxylic acids is 2. The van der Waals surface area contributed by atoms with Crippen LogP contribution in [0.15, 0.2) is 36.4 Å². The van der Waals surface area contributed by atoms with Gasteiger partial charge in [0.2, 0.25) is 0 Å². The Balaban J connectivity index is 1.65. The van der Waals surface area contributed by atoms with Crippen LogP contribution in [0, 0.1) is 17.1 Å². The van der Waals surface area contributed by atoms with Crippen LogP contribution < -0.4 is 15.3 Å². The summed E-state index contributed by atoms with van der Waals surface area (Å²) in [4.78, 5) is 33.4. The highest BCUT2D eigenvalue weighted by Crippen LogP contribution is 2.42. The van der Waals surface area contributed by atoms with Crippen LogP contribution in [-0.2, 0) is 15.8 Å². The van der Waals surface area contributed by atoms with Crippen LogP contribution in [0.25, 0.3) is 0 Å². The Kier molecular flexibility index (Phi) is 7.65. The van der Waals surface area contributed by atoms with Crippen LogP contribution in [0.2, 0.25) is 0 Å². The molecule has 1 saturated heterocycles. The van der Waals surface area contributed by atoms with Crippen LogP contribution in [0.1, 0.15) is 47.2 Å². The van der Waals surface area contributed by atoms with Crippen molar-refractivity contribution >= 4 is 23.3 Å². The topological polar surface area (TPSA) is 94.9 Å². The molecule has 12 heteroatoms. The lowest BCUT2D eigenvalue weighted by Gasteiger charge is -2.32. The Morgan fingerprint density at radius 1 is 1.08 bits per heavy atom. The number of amides is 3. The first-order valence-electron chi connectivity index (χ1n) is 11.6. The molecule has 1 heterocycles. The monoisotopic (exact) mass is 520 g/mol. The molecule has 1 N–H and O–H groups in total. The molecule has 196 valence electrons. The lowest BCUT2D eigenvalue weighted by Crippen LogP contribution is -2.40. The maximum absolute atomic E-state index is 14.9. The van der Waals surface area contributed by atoms with Gasteiger partial charge in [-0.15, -0.1) is 0 Å². The summed E-state index contributed by atoms with van der Waals surface area (Å²) >= 11 is 0. The van der Waals surface area contributed by atoms with E-state index in [-0.39, 0.29) is 30.2 Å². The standard InChI is InChI=1S/C25H24F4N4O4/c1-36-10-11-37-31-23(34)18-9-8-17(13-20(18)26)33-22-5-3-2-4-21(22)32(24(33)35)16-7-6-15(14-30)19(12-16)25(27,28)29/h6-9,12-13,21-22H,2-5,10-11H2,1H3,(H,31,34)/t21-,22-/m0/s1. The fourth-order valence-electron chi connectivity index (χ4n) is 4.85. The number of nitriles is 1. The Bertz CT molecular complexity index is 1230. The molecule has 8 nitrogen and oxygen atoms in total. The number of urea groups is 1. The number of alkyl halides is 3. The van der Waals surface area contributed by atoms with E-state index in [2.05, 4.69) is 5.48 Å². The second-order valence-corrected chi connectivity index (χ2v) is 8.72. The van der Waals surface area contributed by atoms with E-state index in [4.69, 9.17) is 14.8 Å². The zero-order chi connectivity index (χ0) is 26.7. The number of carbonyl (C=O) groups is 2. The molecule has 1 aliphatic carbocycles. The summed E-state index contributed by atoms with van der Waals surface area (Å²) in [6.45, 7) is 0.288. The molecular formula is C25H24F4N4O4. The van der Waals surface area contributed by atoms with Crippen molar-refractivity contribution in [2.75, 3.05) is 30.1 Å². The molecule has 0 unspecified atom stereocenters. The fraction of sp³-hybridized carbons (Fsp3) is 0.400. The van der Waals surface area contributed by atoms with Crippen LogP contribution in [-0.4, -0.2) is 44.3 Å². The highest BCUT2D eigenvalue weighted by molar-refractivity contribution is 6.08. The second-order valence-electron chi connectivity index (χ2n) is 8.72. The summed E-state index contributed by atoms with van der Waals surface area (Å²) in [7, 11) is 1.46. The molecule has 3 amide bonds. The number of methoxy groups -OCH3 is 1. The number of hydrogen-bond donors (Lipinski definition) is 1. The zero-order valence-electron chi connectivity index (χ0n) is 19.8. The van der Waals surface area contributed by atoms with Gasteiger partial charge in [-0.3, -0.25) is 19.4 Å². The van der Waals surface area contributed by atoms with Gasteiger partial charge in [-0.05, 0) is 49.2 Å². The quantitative estimate of drug-likeness (QED) is 0.322. The minimum atomic E-state index is -4.78. The fourth-order valence-corrected chi connectivity index (χ4v) is 4.85. The number of nitrogens with zero attached hydrogens (tertiary/aromatic N) is 3. The van der Waals surface area contributed by atoms with Crippen molar-refractivity contribution in [1.29, 1.82) is 5.26 Å². The average molecular weight is 520 g/mol. The maximum Gasteiger partial charge on any atom is 0.417 e. The number of hydroxylamine groups is 1. The predicted molar refractivity (Wildman–Crippen MR) is 124 cm³/mol. The van der Waals surface area contributed by atoms with Crippen molar-refractivity contribution in [3.8, 4) is 6.07 Å². The van der Waals surface area contributed by atoms with E-state index in [1.165, 1.54) is 41.2 Å². The van der Waals surface area contributed by atoms with Gasteiger partial charge in [0.25, 0.3) is 5.91 Å². The van der Waals surface area contributed by atoms with Gasteiger partial charge in [-0.25, -0.2) is 14.7 Å². The van der Waals surface area contributed by atoms with Gasteiger partial charge in [-0.2, -0.15) is 18.4 Å². The normalized spacial score (nSPS) is 19.5. The number of halogens is 4. The minimum Gasteiger partial charge on any atom is -0.382 e. The molecule has 2 fully saturated rings. The van der Waals surface area contributed by atoms with Crippen LogP contribution in [0.4, 0.5) is 33.7 Å². The van der Waals surface area contributed by atoms with E-state index >= 15 is 0 Å². The van der Waals surface area contributed by atoms with E-state index in [1.807, 2.05) is 0 Å². The molecule has 0 bridgehead atoms. The molecule has 4 rings (SSSR count). The van der Waals surface area contributed by atoms with Gasteiger partial charge in [0, 0.05) is 18.5 Å². The Morgan fingerprint density at radius 3 is 2.27 bits per heavy atom. The number of hydrogen-bond acceptors (Lipinski definition) is 5. The van der Waals surface area contributed by atoms with E-state index in [1.54, 1.807) is 0 Å². The number of rotatable bonds is 7. The van der Waals surface area contributed by atoms with Crippen molar-refractivity contribution in [1.82, 2.24) is 5.48 Å². The highest BCUT2D eigenvalue weighted by atomic mass is 19.4. The first kappa shape index (κ1) is 26.4. The second kappa shape index (κ2) is 10.7. The Morgan fingerprint density at radius 2 is 1.70 bits per heavy atom. The van der Waals surface area contributed by atoms with Crippen molar-refractivity contribution < 1.29 is 36.7 Å². The number of ether oxygens (including phenoxy) is 1. The summed E-state index contributed by atoms with van der Waals surface area (Å²) in [5, 5.41) is 9.11. The number of anilines is 2. The van der Waals surface area contributed by atoms with E-state index < -0.39 is 47.1 Å². The number of nitrogens with one attached hydrogen (secondary N) is 1. The highest BCUT2D eigenvalue weighted by Gasteiger charge is 2.48.